The van der Waals surface area contributed by atoms with Crippen molar-refractivity contribution in [2.24, 2.45) is 16.6 Å². The van der Waals surface area contributed by atoms with E-state index in [2.05, 4.69) is 79.3 Å². The van der Waals surface area contributed by atoms with Crippen molar-refractivity contribution in [2.75, 3.05) is 18.1 Å². The average molecular weight is 361 g/mol. The van der Waals surface area contributed by atoms with E-state index in [1.165, 1.54) is 11.3 Å². The number of hydrogen-bond donors (Lipinski definition) is 1. The van der Waals surface area contributed by atoms with Crippen molar-refractivity contribution < 1.29 is 9.53 Å². The van der Waals surface area contributed by atoms with E-state index in [1.807, 2.05) is 6.07 Å². The largest absolute Gasteiger partial charge is 0.484 e. The third-order valence-electron chi connectivity index (χ3n) is 5.87. The first-order valence-electron chi connectivity index (χ1n) is 9.44. The average Bonchev–Trinajstić information content (AvgIpc) is 2.79. The highest BCUT2D eigenvalue weighted by atomic mass is 16.5. The maximum Gasteiger partial charge on any atom is 0.255 e. The van der Waals surface area contributed by atoms with Gasteiger partial charge in [0.25, 0.3) is 5.91 Å². The number of primary amides is 1. The highest BCUT2D eigenvalue weighted by Gasteiger charge is 2.58. The molecule has 4 nitrogen and oxygen atoms in total. The molecule has 4 heteroatoms. The van der Waals surface area contributed by atoms with E-state index in [0.717, 1.165) is 6.54 Å². The Hall–Kier alpha value is -1.71. The van der Waals surface area contributed by atoms with Crippen LogP contribution in [-0.4, -0.2) is 24.6 Å². The monoisotopic (exact) mass is 360 g/mol. The standard InChI is InChI=1S/C22H36N2O2/c1-19(2,3)22(20(4,5)6)14-24(21(7,8)9)17-11-10-15(12-16(17)22)26-13-18(23)25/h10-12H,13-14H2,1-9H3,(H2,23,25). The quantitative estimate of drug-likeness (QED) is 0.863. The number of benzene rings is 1. The van der Waals surface area contributed by atoms with Gasteiger partial charge in [-0.3, -0.25) is 4.79 Å². The summed E-state index contributed by atoms with van der Waals surface area (Å²) in [6, 6.07) is 6.21. The van der Waals surface area contributed by atoms with Crippen LogP contribution in [0.25, 0.3) is 0 Å². The first-order chi connectivity index (χ1) is 11.6. The molecule has 1 aliphatic heterocycles. The van der Waals surface area contributed by atoms with Crippen molar-refractivity contribution in [1.82, 2.24) is 0 Å². The van der Waals surface area contributed by atoms with Gasteiger partial charge in [-0.15, -0.1) is 0 Å². The lowest BCUT2D eigenvalue weighted by Gasteiger charge is -2.52. The van der Waals surface area contributed by atoms with Crippen LogP contribution in [0.15, 0.2) is 18.2 Å². The van der Waals surface area contributed by atoms with Crippen molar-refractivity contribution in [1.29, 1.82) is 0 Å². The molecule has 0 radical (unpaired) electrons. The van der Waals surface area contributed by atoms with Gasteiger partial charge in [0.05, 0.1) is 0 Å². The second-order valence-electron chi connectivity index (χ2n) is 10.6. The Morgan fingerprint density at radius 2 is 1.62 bits per heavy atom. The molecule has 0 saturated carbocycles. The van der Waals surface area contributed by atoms with Crippen molar-refractivity contribution in [3.05, 3.63) is 23.8 Å². The lowest BCUT2D eigenvalue weighted by Crippen LogP contribution is -2.55. The number of nitrogens with zero attached hydrogens (tertiary/aromatic N) is 1. The summed E-state index contributed by atoms with van der Waals surface area (Å²) in [6.45, 7) is 21.6. The van der Waals surface area contributed by atoms with E-state index in [0.29, 0.717) is 5.75 Å². The van der Waals surface area contributed by atoms with E-state index >= 15 is 0 Å². The summed E-state index contributed by atoms with van der Waals surface area (Å²) in [5.41, 5.74) is 7.85. The normalized spacial score (nSPS) is 17.2. The highest BCUT2D eigenvalue weighted by molar-refractivity contribution is 5.75. The highest BCUT2D eigenvalue weighted by Crippen LogP contribution is 2.61. The second-order valence-corrected chi connectivity index (χ2v) is 10.6. The molecule has 2 N–H and O–H groups in total. The van der Waals surface area contributed by atoms with Crippen molar-refractivity contribution in [2.45, 2.75) is 73.3 Å². The van der Waals surface area contributed by atoms with Gasteiger partial charge in [0, 0.05) is 23.2 Å². The Morgan fingerprint density at radius 3 is 2.04 bits per heavy atom. The van der Waals surface area contributed by atoms with Crippen LogP contribution < -0.4 is 15.4 Å². The summed E-state index contributed by atoms with van der Waals surface area (Å²) in [5.74, 6) is 0.246. The van der Waals surface area contributed by atoms with Crippen LogP contribution in [0.3, 0.4) is 0 Å². The molecule has 0 unspecified atom stereocenters. The summed E-state index contributed by atoms with van der Waals surface area (Å²) in [5, 5.41) is 0. The third-order valence-corrected chi connectivity index (χ3v) is 5.87. The minimum Gasteiger partial charge on any atom is -0.484 e. The lowest BCUT2D eigenvalue weighted by molar-refractivity contribution is -0.119. The van der Waals surface area contributed by atoms with Crippen LogP contribution >= 0.6 is 0 Å². The van der Waals surface area contributed by atoms with Gasteiger partial charge in [-0.25, -0.2) is 0 Å². The lowest BCUT2D eigenvalue weighted by atomic mass is 9.52. The minimum absolute atomic E-state index is 0.0165. The maximum atomic E-state index is 11.1. The number of anilines is 1. The molecule has 0 aliphatic carbocycles. The number of amides is 1. The predicted octanol–water partition coefficient (Wildman–Crippen LogP) is 4.50. The zero-order valence-electron chi connectivity index (χ0n) is 18.0. The molecule has 1 amide bonds. The Balaban J connectivity index is 2.71. The van der Waals surface area contributed by atoms with E-state index in [9.17, 15) is 4.79 Å². The Labute approximate surface area is 159 Å². The van der Waals surface area contributed by atoms with Crippen LogP contribution in [0.1, 0.15) is 67.9 Å². The first kappa shape index (κ1) is 20.6. The molecule has 1 heterocycles. The molecule has 2 rings (SSSR count). The van der Waals surface area contributed by atoms with E-state index in [1.54, 1.807) is 0 Å². The predicted molar refractivity (Wildman–Crippen MR) is 109 cm³/mol. The van der Waals surface area contributed by atoms with Gasteiger partial charge >= 0.3 is 0 Å². The Bertz CT molecular complexity index is 674. The molecule has 0 spiro atoms. The van der Waals surface area contributed by atoms with Crippen LogP contribution in [0, 0.1) is 10.8 Å². The van der Waals surface area contributed by atoms with Gasteiger partial charge in [0.2, 0.25) is 0 Å². The van der Waals surface area contributed by atoms with Crippen LogP contribution in [0.5, 0.6) is 5.75 Å². The summed E-state index contributed by atoms with van der Waals surface area (Å²) in [7, 11) is 0. The topological polar surface area (TPSA) is 55.6 Å². The van der Waals surface area contributed by atoms with Gasteiger partial charge in [-0.2, -0.15) is 0 Å². The van der Waals surface area contributed by atoms with Crippen LogP contribution in [0.2, 0.25) is 0 Å². The number of hydrogen-bond acceptors (Lipinski definition) is 3. The molecule has 26 heavy (non-hydrogen) atoms. The number of nitrogens with two attached hydrogens (primary N) is 1. The molecule has 0 aromatic heterocycles. The first-order valence-corrected chi connectivity index (χ1v) is 9.44. The molecular weight excluding hydrogens is 324 g/mol. The summed E-state index contributed by atoms with van der Waals surface area (Å²) in [6.07, 6.45) is 0. The Kier molecular flexibility index (Phi) is 4.89. The molecule has 146 valence electrons. The van der Waals surface area contributed by atoms with Crippen LogP contribution in [-0.2, 0) is 10.2 Å². The number of carbonyl (C=O) groups is 1. The van der Waals surface area contributed by atoms with Gasteiger partial charge < -0.3 is 15.4 Å². The van der Waals surface area contributed by atoms with E-state index in [4.69, 9.17) is 10.5 Å². The molecule has 0 bridgehead atoms. The Morgan fingerprint density at radius 1 is 1.08 bits per heavy atom. The fourth-order valence-corrected chi connectivity index (χ4v) is 4.75. The maximum absolute atomic E-state index is 11.1. The number of rotatable bonds is 3. The number of carbonyl (C=O) groups excluding carboxylic acids is 1. The fourth-order valence-electron chi connectivity index (χ4n) is 4.75. The SMILES string of the molecule is CC(C)(C)N1CC(C(C)(C)C)(C(C)(C)C)c2cc(OCC(N)=O)ccc21. The van der Waals surface area contributed by atoms with Crippen LogP contribution in [0.4, 0.5) is 5.69 Å². The second kappa shape index (κ2) is 6.17. The van der Waals surface area contributed by atoms with Gasteiger partial charge in [0.1, 0.15) is 5.75 Å². The van der Waals surface area contributed by atoms with Crippen molar-refractivity contribution >= 4 is 11.6 Å². The zero-order chi connectivity index (χ0) is 20.1. The van der Waals surface area contributed by atoms with E-state index in [-0.39, 0.29) is 28.4 Å². The van der Waals surface area contributed by atoms with Gasteiger partial charge in [-0.1, -0.05) is 41.5 Å². The molecule has 0 saturated heterocycles. The summed E-state index contributed by atoms with van der Waals surface area (Å²) < 4.78 is 5.64. The molecule has 0 fully saturated rings. The summed E-state index contributed by atoms with van der Waals surface area (Å²) in [4.78, 5) is 13.6. The molecular formula is C22H36N2O2. The van der Waals surface area contributed by atoms with Crippen molar-refractivity contribution in [3.8, 4) is 5.75 Å². The number of fused-ring (bicyclic) bond motifs is 1. The zero-order valence-corrected chi connectivity index (χ0v) is 18.0. The molecule has 1 aromatic rings. The summed E-state index contributed by atoms with van der Waals surface area (Å²) >= 11 is 0. The van der Waals surface area contributed by atoms with Gasteiger partial charge in [-0.05, 0) is 55.4 Å². The molecule has 1 aliphatic rings. The minimum atomic E-state index is -0.459. The van der Waals surface area contributed by atoms with E-state index < -0.39 is 5.91 Å². The third kappa shape index (κ3) is 3.30. The number of ether oxygens (including phenoxy) is 1. The molecule has 1 aromatic carbocycles. The smallest absolute Gasteiger partial charge is 0.255 e. The fraction of sp³-hybridized carbons (Fsp3) is 0.682. The van der Waals surface area contributed by atoms with Crippen molar-refractivity contribution in [3.63, 3.8) is 0 Å². The van der Waals surface area contributed by atoms with Gasteiger partial charge in [0.15, 0.2) is 6.61 Å². The molecule has 0 atom stereocenters.